The van der Waals surface area contributed by atoms with Crippen molar-refractivity contribution in [3.05, 3.63) is 35.9 Å². The van der Waals surface area contributed by atoms with E-state index in [0.717, 1.165) is 26.1 Å². The summed E-state index contributed by atoms with van der Waals surface area (Å²) in [5.41, 5.74) is 1.27. The largest absolute Gasteiger partial charge is 0.341 e. The molecule has 0 saturated carbocycles. The van der Waals surface area contributed by atoms with Gasteiger partial charge < -0.3 is 15.5 Å². The highest BCUT2D eigenvalue weighted by molar-refractivity contribution is 5.74. The zero-order valence-corrected chi connectivity index (χ0v) is 10.1. The van der Waals surface area contributed by atoms with Gasteiger partial charge in [-0.3, -0.25) is 0 Å². The molecule has 1 atom stereocenters. The van der Waals surface area contributed by atoms with Crippen LogP contribution in [0.15, 0.2) is 30.3 Å². The second-order valence-electron chi connectivity index (χ2n) is 4.30. The van der Waals surface area contributed by atoms with Crippen LogP contribution in [0.1, 0.15) is 5.56 Å². The highest BCUT2D eigenvalue weighted by Gasteiger charge is 2.25. The number of hydrogen-bond donors (Lipinski definition) is 2. The molecule has 1 aliphatic heterocycles. The van der Waals surface area contributed by atoms with Gasteiger partial charge in [-0.25, -0.2) is 4.79 Å². The number of rotatable bonds is 2. The molecule has 0 aliphatic carbocycles. The van der Waals surface area contributed by atoms with Gasteiger partial charge in [0.05, 0.1) is 0 Å². The van der Waals surface area contributed by atoms with E-state index in [1.165, 1.54) is 5.56 Å². The number of piperazine rings is 1. The molecule has 0 radical (unpaired) electrons. The first-order valence-electron chi connectivity index (χ1n) is 6.04. The molecule has 4 heteroatoms. The molecule has 1 aromatic rings. The summed E-state index contributed by atoms with van der Waals surface area (Å²) in [5, 5.41) is 6.05. The number of hydrogen-bond acceptors (Lipinski definition) is 2. The summed E-state index contributed by atoms with van der Waals surface area (Å²) in [4.78, 5) is 13.7. The van der Waals surface area contributed by atoms with Crippen molar-refractivity contribution < 1.29 is 4.79 Å². The van der Waals surface area contributed by atoms with E-state index in [1.807, 2.05) is 23.1 Å². The van der Waals surface area contributed by atoms with E-state index in [-0.39, 0.29) is 12.1 Å². The lowest BCUT2D eigenvalue weighted by atomic mass is 10.0. The van der Waals surface area contributed by atoms with E-state index < -0.39 is 0 Å². The Balaban J connectivity index is 2.04. The summed E-state index contributed by atoms with van der Waals surface area (Å²) in [5.74, 6) is 0. The minimum atomic E-state index is 0.0208. The van der Waals surface area contributed by atoms with Crippen molar-refractivity contribution >= 4 is 6.03 Å². The summed E-state index contributed by atoms with van der Waals surface area (Å²) < 4.78 is 0. The maximum atomic E-state index is 11.8. The van der Waals surface area contributed by atoms with E-state index in [0.29, 0.717) is 0 Å². The fraction of sp³-hybridized carbons (Fsp3) is 0.462. The average Bonchev–Trinajstić information content (AvgIpc) is 2.40. The third-order valence-electron chi connectivity index (χ3n) is 3.14. The fourth-order valence-corrected chi connectivity index (χ4v) is 2.24. The van der Waals surface area contributed by atoms with Crippen LogP contribution in [0.2, 0.25) is 0 Å². The van der Waals surface area contributed by atoms with Crippen molar-refractivity contribution in [2.75, 3.05) is 26.7 Å². The SMILES string of the molecule is CNC(=O)N1CCNC[C@@H]1Cc1ccccc1. The first-order valence-corrected chi connectivity index (χ1v) is 6.04. The molecule has 92 valence electrons. The van der Waals surface area contributed by atoms with E-state index in [2.05, 4.69) is 22.8 Å². The summed E-state index contributed by atoms with van der Waals surface area (Å²) in [6.45, 7) is 2.51. The number of amides is 2. The molecular formula is C13H19N3O. The molecule has 1 aliphatic rings. The van der Waals surface area contributed by atoms with Crippen molar-refractivity contribution in [3.63, 3.8) is 0 Å². The second-order valence-corrected chi connectivity index (χ2v) is 4.30. The quantitative estimate of drug-likeness (QED) is 0.795. The Bertz CT molecular complexity index is 366. The molecule has 4 nitrogen and oxygen atoms in total. The Kier molecular flexibility index (Phi) is 3.98. The summed E-state index contributed by atoms with van der Waals surface area (Å²) >= 11 is 0. The zero-order chi connectivity index (χ0) is 12.1. The molecule has 1 heterocycles. The van der Waals surface area contributed by atoms with Crippen LogP contribution < -0.4 is 10.6 Å². The number of carbonyl (C=O) groups is 1. The average molecular weight is 233 g/mol. The van der Waals surface area contributed by atoms with Crippen molar-refractivity contribution in [1.82, 2.24) is 15.5 Å². The van der Waals surface area contributed by atoms with Gasteiger partial charge in [0.2, 0.25) is 0 Å². The lowest BCUT2D eigenvalue weighted by Gasteiger charge is -2.36. The van der Waals surface area contributed by atoms with Crippen molar-refractivity contribution in [2.45, 2.75) is 12.5 Å². The number of nitrogens with zero attached hydrogens (tertiary/aromatic N) is 1. The first-order chi connectivity index (χ1) is 8.31. The minimum Gasteiger partial charge on any atom is -0.341 e. The topological polar surface area (TPSA) is 44.4 Å². The van der Waals surface area contributed by atoms with Gasteiger partial charge in [-0.05, 0) is 12.0 Å². The van der Waals surface area contributed by atoms with E-state index in [4.69, 9.17) is 0 Å². The Labute approximate surface area is 102 Å². The van der Waals surface area contributed by atoms with E-state index >= 15 is 0 Å². The predicted molar refractivity (Wildman–Crippen MR) is 68.0 cm³/mol. The molecule has 0 spiro atoms. The third-order valence-corrected chi connectivity index (χ3v) is 3.14. The van der Waals surface area contributed by atoms with Crippen LogP contribution >= 0.6 is 0 Å². The van der Waals surface area contributed by atoms with Gasteiger partial charge in [0.1, 0.15) is 0 Å². The number of urea groups is 1. The number of nitrogens with one attached hydrogen (secondary N) is 2. The molecule has 0 aromatic heterocycles. The lowest BCUT2D eigenvalue weighted by Crippen LogP contribution is -2.56. The molecule has 2 N–H and O–H groups in total. The first kappa shape index (κ1) is 11.9. The fourth-order valence-electron chi connectivity index (χ4n) is 2.24. The van der Waals surface area contributed by atoms with Gasteiger partial charge in [-0.2, -0.15) is 0 Å². The van der Waals surface area contributed by atoms with Gasteiger partial charge >= 0.3 is 6.03 Å². The second kappa shape index (κ2) is 5.68. The molecular weight excluding hydrogens is 214 g/mol. The maximum absolute atomic E-state index is 11.8. The number of carbonyl (C=O) groups excluding carboxylic acids is 1. The lowest BCUT2D eigenvalue weighted by molar-refractivity contribution is 0.160. The Hall–Kier alpha value is -1.55. The van der Waals surface area contributed by atoms with Gasteiger partial charge in [0.25, 0.3) is 0 Å². The molecule has 0 unspecified atom stereocenters. The van der Waals surface area contributed by atoms with E-state index in [9.17, 15) is 4.79 Å². The monoisotopic (exact) mass is 233 g/mol. The van der Waals surface area contributed by atoms with Crippen molar-refractivity contribution in [2.24, 2.45) is 0 Å². The highest BCUT2D eigenvalue weighted by atomic mass is 16.2. The smallest absolute Gasteiger partial charge is 0.317 e. The molecule has 2 rings (SSSR count). The van der Waals surface area contributed by atoms with Crippen LogP contribution in [0.3, 0.4) is 0 Å². The third kappa shape index (κ3) is 2.97. The maximum Gasteiger partial charge on any atom is 0.317 e. The van der Waals surface area contributed by atoms with Crippen LogP contribution in [0.4, 0.5) is 4.79 Å². The summed E-state index contributed by atoms with van der Waals surface area (Å²) in [6, 6.07) is 10.6. The van der Waals surface area contributed by atoms with Crippen molar-refractivity contribution in [1.29, 1.82) is 0 Å². The standard InChI is InChI=1S/C13H19N3O/c1-14-13(17)16-8-7-15-10-12(16)9-11-5-3-2-4-6-11/h2-6,12,15H,7-10H2,1H3,(H,14,17)/t12-/m0/s1. The molecule has 1 fully saturated rings. The molecule has 1 saturated heterocycles. The van der Waals surface area contributed by atoms with Crippen LogP contribution in [0.5, 0.6) is 0 Å². The minimum absolute atomic E-state index is 0.0208. The van der Waals surface area contributed by atoms with Gasteiger partial charge in [0.15, 0.2) is 0 Å². The number of benzene rings is 1. The Morgan fingerprint density at radius 1 is 1.47 bits per heavy atom. The Morgan fingerprint density at radius 3 is 2.94 bits per heavy atom. The molecule has 0 bridgehead atoms. The normalized spacial score (nSPS) is 20.1. The molecule has 1 aromatic carbocycles. The van der Waals surface area contributed by atoms with Crippen molar-refractivity contribution in [3.8, 4) is 0 Å². The van der Waals surface area contributed by atoms with Gasteiger partial charge in [-0.1, -0.05) is 30.3 Å². The molecule has 2 amide bonds. The van der Waals surface area contributed by atoms with Gasteiger partial charge in [-0.15, -0.1) is 0 Å². The summed E-state index contributed by atoms with van der Waals surface area (Å²) in [6.07, 6.45) is 0.904. The molecule has 17 heavy (non-hydrogen) atoms. The van der Waals surface area contributed by atoms with E-state index in [1.54, 1.807) is 7.05 Å². The Morgan fingerprint density at radius 2 is 2.24 bits per heavy atom. The highest BCUT2D eigenvalue weighted by Crippen LogP contribution is 2.11. The van der Waals surface area contributed by atoms with Crippen LogP contribution in [0, 0.1) is 0 Å². The van der Waals surface area contributed by atoms with Crippen LogP contribution in [-0.2, 0) is 6.42 Å². The predicted octanol–water partition coefficient (Wildman–Crippen LogP) is 0.842. The zero-order valence-electron chi connectivity index (χ0n) is 10.1. The summed E-state index contributed by atoms with van der Waals surface area (Å²) in [7, 11) is 1.68. The van der Waals surface area contributed by atoms with Crippen LogP contribution in [-0.4, -0.2) is 43.7 Å². The van der Waals surface area contributed by atoms with Gasteiger partial charge in [0, 0.05) is 32.7 Å². The van der Waals surface area contributed by atoms with Crippen LogP contribution in [0.25, 0.3) is 0 Å².